The zero-order chi connectivity index (χ0) is 13.8. The van der Waals surface area contributed by atoms with Crippen molar-refractivity contribution in [3.8, 4) is 0 Å². The third-order valence-electron chi connectivity index (χ3n) is 2.93. The smallest absolute Gasteiger partial charge is 0.322 e. The molecule has 0 saturated carbocycles. The summed E-state index contributed by atoms with van der Waals surface area (Å²) in [5.41, 5.74) is 0.715. The summed E-state index contributed by atoms with van der Waals surface area (Å²) in [5, 5.41) is 3.52. The van der Waals surface area contributed by atoms with Crippen molar-refractivity contribution in [2.45, 2.75) is 17.9 Å². The van der Waals surface area contributed by atoms with E-state index in [2.05, 4.69) is 5.32 Å². The maximum absolute atomic E-state index is 12.1. The molecule has 1 saturated heterocycles. The minimum absolute atomic E-state index is 0.0851. The summed E-state index contributed by atoms with van der Waals surface area (Å²) >= 11 is 7.70. The van der Waals surface area contributed by atoms with Gasteiger partial charge in [0.1, 0.15) is 0 Å². The van der Waals surface area contributed by atoms with Crippen LogP contribution >= 0.6 is 23.4 Å². The average molecular weight is 301 g/mol. The molecule has 2 amide bonds. The van der Waals surface area contributed by atoms with Crippen molar-refractivity contribution in [1.29, 1.82) is 0 Å². The molecule has 104 valence electrons. The molecule has 2 rings (SSSR count). The average Bonchev–Trinajstić information content (AvgIpc) is 2.39. The lowest BCUT2D eigenvalue weighted by atomic mass is 10.3. The van der Waals surface area contributed by atoms with Crippen molar-refractivity contribution in [1.82, 2.24) is 4.90 Å². The van der Waals surface area contributed by atoms with Crippen LogP contribution in [0.3, 0.4) is 0 Å². The molecule has 1 aromatic rings. The molecule has 1 aliphatic heterocycles. The molecule has 0 aromatic heterocycles. The highest BCUT2D eigenvalue weighted by molar-refractivity contribution is 7.98. The van der Waals surface area contributed by atoms with Gasteiger partial charge in [-0.3, -0.25) is 0 Å². The quantitative estimate of drug-likeness (QED) is 0.852. The van der Waals surface area contributed by atoms with E-state index in [1.165, 1.54) is 0 Å². The largest absolute Gasteiger partial charge is 0.375 e. The first-order valence-electron chi connectivity index (χ1n) is 6.11. The highest BCUT2D eigenvalue weighted by Gasteiger charge is 2.21. The van der Waals surface area contributed by atoms with Gasteiger partial charge in [0.25, 0.3) is 0 Å². The van der Waals surface area contributed by atoms with Crippen LogP contribution in [-0.4, -0.2) is 43.0 Å². The summed E-state index contributed by atoms with van der Waals surface area (Å²) in [6, 6.07) is 5.43. The zero-order valence-electron chi connectivity index (χ0n) is 11.0. The Morgan fingerprint density at radius 3 is 3.00 bits per heavy atom. The highest BCUT2D eigenvalue weighted by Crippen LogP contribution is 2.28. The molecular formula is C13H17ClN2O2S. The van der Waals surface area contributed by atoms with Crippen LogP contribution in [0, 0.1) is 0 Å². The Morgan fingerprint density at radius 1 is 1.58 bits per heavy atom. The predicted molar refractivity (Wildman–Crippen MR) is 79.2 cm³/mol. The van der Waals surface area contributed by atoms with E-state index >= 15 is 0 Å². The maximum Gasteiger partial charge on any atom is 0.322 e. The van der Waals surface area contributed by atoms with E-state index in [4.69, 9.17) is 16.3 Å². The van der Waals surface area contributed by atoms with Crippen molar-refractivity contribution >= 4 is 35.1 Å². The SMILES string of the molecule is CSc1ccc(NC(=O)N2CCO[C@@H](C)C2)cc1Cl. The van der Waals surface area contributed by atoms with Crippen LogP contribution in [0.25, 0.3) is 0 Å². The van der Waals surface area contributed by atoms with Gasteiger partial charge in [-0.2, -0.15) is 0 Å². The van der Waals surface area contributed by atoms with E-state index in [1.807, 2.05) is 25.3 Å². The molecular weight excluding hydrogens is 284 g/mol. The van der Waals surface area contributed by atoms with Gasteiger partial charge in [-0.25, -0.2) is 4.79 Å². The number of nitrogens with one attached hydrogen (secondary N) is 1. The Morgan fingerprint density at radius 2 is 2.37 bits per heavy atom. The molecule has 1 aromatic carbocycles. The van der Waals surface area contributed by atoms with E-state index in [0.29, 0.717) is 30.4 Å². The topological polar surface area (TPSA) is 41.6 Å². The molecule has 0 bridgehead atoms. The number of urea groups is 1. The maximum atomic E-state index is 12.1. The molecule has 19 heavy (non-hydrogen) atoms. The number of anilines is 1. The van der Waals surface area contributed by atoms with E-state index in [0.717, 1.165) is 4.90 Å². The van der Waals surface area contributed by atoms with Gasteiger partial charge in [0.05, 0.1) is 17.7 Å². The number of hydrogen-bond acceptors (Lipinski definition) is 3. The van der Waals surface area contributed by atoms with Crippen molar-refractivity contribution in [3.63, 3.8) is 0 Å². The van der Waals surface area contributed by atoms with E-state index in [9.17, 15) is 4.79 Å². The Bertz CT molecular complexity index is 470. The summed E-state index contributed by atoms with van der Waals surface area (Å²) in [6.07, 6.45) is 2.05. The standard InChI is InChI=1S/C13H17ClN2O2S/c1-9-8-16(5-6-18-9)13(17)15-10-3-4-12(19-2)11(14)7-10/h3-4,7,9H,5-6,8H2,1-2H3,(H,15,17)/t9-/m0/s1. The predicted octanol–water partition coefficient (Wildman–Crippen LogP) is 3.31. The van der Waals surface area contributed by atoms with E-state index < -0.39 is 0 Å². The molecule has 0 spiro atoms. The molecule has 0 unspecified atom stereocenters. The summed E-state index contributed by atoms with van der Waals surface area (Å²) in [6.45, 7) is 3.78. The van der Waals surface area contributed by atoms with Crippen molar-refractivity contribution in [2.24, 2.45) is 0 Å². The second kappa shape index (κ2) is 6.50. The molecule has 1 atom stereocenters. The van der Waals surface area contributed by atoms with Gasteiger partial charge >= 0.3 is 6.03 Å². The third kappa shape index (κ3) is 3.78. The number of amides is 2. The van der Waals surface area contributed by atoms with Crippen LogP contribution in [0.5, 0.6) is 0 Å². The number of rotatable bonds is 2. The normalized spacial score (nSPS) is 19.3. The summed E-state index contributed by atoms with van der Waals surface area (Å²) in [7, 11) is 0. The number of morpholine rings is 1. The van der Waals surface area contributed by atoms with Gasteiger partial charge in [0.15, 0.2) is 0 Å². The molecule has 0 radical (unpaired) electrons. The zero-order valence-corrected chi connectivity index (χ0v) is 12.6. The number of nitrogens with zero attached hydrogens (tertiary/aromatic N) is 1. The summed E-state index contributed by atoms with van der Waals surface area (Å²) < 4.78 is 5.41. The Hall–Kier alpha value is -0.910. The second-order valence-electron chi connectivity index (χ2n) is 4.41. The minimum Gasteiger partial charge on any atom is -0.375 e. The Balaban J connectivity index is 2.00. The van der Waals surface area contributed by atoms with Gasteiger partial charge in [-0.05, 0) is 31.4 Å². The molecule has 1 fully saturated rings. The van der Waals surface area contributed by atoms with E-state index in [-0.39, 0.29) is 12.1 Å². The van der Waals surface area contributed by atoms with Gasteiger partial charge in [0, 0.05) is 23.7 Å². The van der Waals surface area contributed by atoms with Crippen LogP contribution in [0.15, 0.2) is 23.1 Å². The number of halogens is 1. The lowest BCUT2D eigenvalue weighted by Crippen LogP contribution is -2.46. The van der Waals surface area contributed by atoms with Gasteiger partial charge in [0.2, 0.25) is 0 Å². The lowest BCUT2D eigenvalue weighted by Gasteiger charge is -2.31. The monoisotopic (exact) mass is 300 g/mol. The first kappa shape index (κ1) is 14.5. The van der Waals surface area contributed by atoms with E-state index in [1.54, 1.807) is 22.7 Å². The van der Waals surface area contributed by atoms with Crippen molar-refractivity contribution in [2.75, 3.05) is 31.3 Å². The first-order chi connectivity index (χ1) is 9.10. The summed E-state index contributed by atoms with van der Waals surface area (Å²) in [5.74, 6) is 0. The van der Waals surface area contributed by atoms with Crippen LogP contribution < -0.4 is 5.32 Å². The van der Waals surface area contributed by atoms with Gasteiger partial charge in [-0.1, -0.05) is 11.6 Å². The third-order valence-corrected chi connectivity index (χ3v) is 4.15. The second-order valence-corrected chi connectivity index (χ2v) is 5.66. The fourth-order valence-electron chi connectivity index (χ4n) is 1.95. The molecule has 1 N–H and O–H groups in total. The number of hydrogen-bond donors (Lipinski definition) is 1. The number of carbonyl (C=O) groups excluding carboxylic acids is 1. The number of carbonyl (C=O) groups is 1. The van der Waals surface area contributed by atoms with Crippen molar-refractivity contribution < 1.29 is 9.53 Å². The lowest BCUT2D eigenvalue weighted by molar-refractivity contribution is -0.00138. The molecule has 1 aliphatic rings. The molecule has 1 heterocycles. The van der Waals surface area contributed by atoms with Crippen LogP contribution in [0.1, 0.15) is 6.92 Å². The number of benzene rings is 1. The van der Waals surface area contributed by atoms with Crippen LogP contribution in [0.2, 0.25) is 5.02 Å². The Labute approximate surface area is 122 Å². The number of ether oxygens (including phenoxy) is 1. The van der Waals surface area contributed by atoms with Crippen molar-refractivity contribution in [3.05, 3.63) is 23.2 Å². The van der Waals surface area contributed by atoms with Gasteiger partial charge in [-0.15, -0.1) is 11.8 Å². The minimum atomic E-state index is -0.108. The molecule has 6 heteroatoms. The molecule has 4 nitrogen and oxygen atoms in total. The highest BCUT2D eigenvalue weighted by atomic mass is 35.5. The fraction of sp³-hybridized carbons (Fsp3) is 0.462. The fourth-order valence-corrected chi connectivity index (χ4v) is 2.82. The number of thioether (sulfide) groups is 1. The first-order valence-corrected chi connectivity index (χ1v) is 7.71. The van der Waals surface area contributed by atoms with Crippen LogP contribution in [0.4, 0.5) is 10.5 Å². The molecule has 0 aliphatic carbocycles. The van der Waals surface area contributed by atoms with Gasteiger partial charge < -0.3 is 15.0 Å². The summed E-state index contributed by atoms with van der Waals surface area (Å²) in [4.78, 5) is 14.8. The van der Waals surface area contributed by atoms with Crippen LogP contribution in [-0.2, 0) is 4.74 Å². The Kier molecular flexibility index (Phi) is 4.96.